The minimum absolute atomic E-state index is 0.0642. The molecule has 3 fully saturated rings. The largest absolute Gasteiger partial charge is 0.373 e. The molecule has 2 heterocycles. The predicted molar refractivity (Wildman–Crippen MR) is 80.6 cm³/mol. The number of carbonyl (C=O) groups is 1. The average molecular weight is 307 g/mol. The molecule has 5 heteroatoms. The standard InChI is InChI=1S/C16H19ClN2O2/c17-10-3-1-2-9(6-10)12-8-13(12)18-16(20)19-14-7-11-4-5-15(14)21-11/h1-3,6,11-15H,4-5,7-8H2,(H2,18,19,20)/t11-,12-,13+,14-,15-/m1/s1. The molecular weight excluding hydrogens is 288 g/mol. The van der Waals surface area contributed by atoms with Crippen molar-refractivity contribution in [2.75, 3.05) is 0 Å². The molecule has 2 N–H and O–H groups in total. The lowest BCUT2D eigenvalue weighted by Crippen LogP contribution is -2.47. The minimum Gasteiger partial charge on any atom is -0.373 e. The second-order valence-electron chi connectivity index (χ2n) is 6.34. The molecule has 1 aromatic carbocycles. The Bertz CT molecular complexity index is 565. The molecule has 2 aliphatic heterocycles. The third-order valence-electron chi connectivity index (χ3n) is 4.81. The highest BCUT2D eigenvalue weighted by Gasteiger charge is 2.43. The molecule has 21 heavy (non-hydrogen) atoms. The zero-order valence-corrected chi connectivity index (χ0v) is 12.5. The minimum atomic E-state index is -0.0642. The van der Waals surface area contributed by atoms with E-state index in [4.69, 9.17) is 16.3 Å². The summed E-state index contributed by atoms with van der Waals surface area (Å²) >= 11 is 6.01. The Morgan fingerprint density at radius 3 is 2.76 bits per heavy atom. The van der Waals surface area contributed by atoms with Crippen molar-refractivity contribution >= 4 is 17.6 Å². The van der Waals surface area contributed by atoms with Crippen LogP contribution in [0.3, 0.4) is 0 Å². The van der Waals surface area contributed by atoms with Gasteiger partial charge in [-0.2, -0.15) is 0 Å². The molecule has 3 aliphatic rings. The maximum atomic E-state index is 12.1. The van der Waals surface area contributed by atoms with Gasteiger partial charge in [0.15, 0.2) is 0 Å². The molecule has 2 saturated heterocycles. The first-order valence-electron chi connectivity index (χ1n) is 7.67. The normalized spacial score (nSPS) is 36.5. The molecule has 5 atom stereocenters. The number of rotatable bonds is 3. The van der Waals surface area contributed by atoms with E-state index >= 15 is 0 Å². The number of hydrogen-bond acceptors (Lipinski definition) is 2. The van der Waals surface area contributed by atoms with E-state index in [9.17, 15) is 4.79 Å². The summed E-state index contributed by atoms with van der Waals surface area (Å²) < 4.78 is 5.75. The smallest absolute Gasteiger partial charge is 0.315 e. The van der Waals surface area contributed by atoms with E-state index in [-0.39, 0.29) is 24.2 Å². The van der Waals surface area contributed by atoms with Gasteiger partial charge in [-0.15, -0.1) is 0 Å². The van der Waals surface area contributed by atoms with Gasteiger partial charge in [-0.1, -0.05) is 23.7 Å². The average Bonchev–Trinajstić information content (AvgIpc) is 2.90. The topological polar surface area (TPSA) is 50.4 Å². The first-order chi connectivity index (χ1) is 10.2. The SMILES string of the molecule is O=C(N[C@H]1C[C@@H]1c1cccc(Cl)c1)N[C@@H]1C[C@H]2CC[C@H]1O2. The van der Waals surface area contributed by atoms with Crippen molar-refractivity contribution in [1.29, 1.82) is 0 Å². The number of hydrogen-bond donors (Lipinski definition) is 2. The monoisotopic (exact) mass is 306 g/mol. The van der Waals surface area contributed by atoms with Gasteiger partial charge in [-0.25, -0.2) is 4.79 Å². The summed E-state index contributed by atoms with van der Waals surface area (Å²) in [6.45, 7) is 0. The number of fused-ring (bicyclic) bond motifs is 2. The van der Waals surface area contributed by atoms with E-state index in [1.807, 2.05) is 18.2 Å². The molecular formula is C16H19ClN2O2. The second-order valence-corrected chi connectivity index (χ2v) is 6.77. The molecule has 1 aromatic rings. The van der Waals surface area contributed by atoms with E-state index in [2.05, 4.69) is 16.7 Å². The molecule has 4 nitrogen and oxygen atoms in total. The summed E-state index contributed by atoms with van der Waals surface area (Å²) in [4.78, 5) is 12.1. The van der Waals surface area contributed by atoms with Gasteiger partial charge >= 0.3 is 6.03 Å². The maximum Gasteiger partial charge on any atom is 0.315 e. The van der Waals surface area contributed by atoms with Crippen molar-refractivity contribution in [3.8, 4) is 0 Å². The first-order valence-corrected chi connectivity index (χ1v) is 8.05. The molecule has 2 bridgehead atoms. The number of halogens is 1. The van der Waals surface area contributed by atoms with Gasteiger partial charge < -0.3 is 15.4 Å². The Kier molecular flexibility index (Phi) is 3.31. The predicted octanol–water partition coefficient (Wildman–Crippen LogP) is 2.82. The number of benzene rings is 1. The number of nitrogens with one attached hydrogen (secondary N) is 2. The van der Waals surface area contributed by atoms with Crippen LogP contribution in [0.25, 0.3) is 0 Å². The van der Waals surface area contributed by atoms with Crippen LogP contribution in [0.5, 0.6) is 0 Å². The van der Waals surface area contributed by atoms with Gasteiger partial charge in [-0.3, -0.25) is 0 Å². The molecule has 1 aliphatic carbocycles. The van der Waals surface area contributed by atoms with Crippen LogP contribution in [-0.2, 0) is 4.74 Å². The van der Waals surface area contributed by atoms with Crippen LogP contribution < -0.4 is 10.6 Å². The number of urea groups is 1. The summed E-state index contributed by atoms with van der Waals surface area (Å²) in [6, 6.07) is 8.23. The fourth-order valence-corrected chi connectivity index (χ4v) is 3.83. The number of amides is 2. The summed E-state index contributed by atoms with van der Waals surface area (Å²) in [5, 5.41) is 6.88. The van der Waals surface area contributed by atoms with E-state index in [0.29, 0.717) is 12.0 Å². The Morgan fingerprint density at radius 2 is 2.05 bits per heavy atom. The molecule has 0 aromatic heterocycles. The summed E-state index contributed by atoms with van der Waals surface area (Å²) in [6.07, 6.45) is 4.75. The van der Waals surface area contributed by atoms with Crippen LogP contribution in [0.1, 0.15) is 37.2 Å². The molecule has 2 amide bonds. The third-order valence-corrected chi connectivity index (χ3v) is 5.04. The van der Waals surface area contributed by atoms with Crippen LogP contribution in [0.15, 0.2) is 24.3 Å². The summed E-state index contributed by atoms with van der Waals surface area (Å²) in [7, 11) is 0. The fourth-order valence-electron chi connectivity index (χ4n) is 3.63. The Hall–Kier alpha value is -1.26. The van der Waals surface area contributed by atoms with Crippen LogP contribution in [-0.4, -0.2) is 30.3 Å². The number of ether oxygens (including phenoxy) is 1. The van der Waals surface area contributed by atoms with Crippen molar-refractivity contribution in [2.24, 2.45) is 0 Å². The van der Waals surface area contributed by atoms with E-state index in [1.165, 1.54) is 5.56 Å². The van der Waals surface area contributed by atoms with Crippen LogP contribution >= 0.6 is 11.6 Å². The van der Waals surface area contributed by atoms with E-state index in [1.54, 1.807) is 0 Å². The molecule has 0 unspecified atom stereocenters. The fraction of sp³-hybridized carbons (Fsp3) is 0.562. The van der Waals surface area contributed by atoms with Crippen molar-refractivity contribution in [2.45, 2.75) is 55.9 Å². The first kappa shape index (κ1) is 13.4. The van der Waals surface area contributed by atoms with Crippen molar-refractivity contribution in [3.63, 3.8) is 0 Å². The zero-order valence-electron chi connectivity index (χ0n) is 11.7. The zero-order chi connectivity index (χ0) is 14.4. The van der Waals surface area contributed by atoms with Gasteiger partial charge in [0.2, 0.25) is 0 Å². The summed E-state index contributed by atoms with van der Waals surface area (Å²) in [5.74, 6) is 0.394. The van der Waals surface area contributed by atoms with E-state index < -0.39 is 0 Å². The lowest BCUT2D eigenvalue weighted by molar-refractivity contribution is 0.0981. The van der Waals surface area contributed by atoms with E-state index in [0.717, 1.165) is 30.7 Å². The van der Waals surface area contributed by atoms with Crippen LogP contribution in [0.2, 0.25) is 5.02 Å². The van der Waals surface area contributed by atoms with Crippen molar-refractivity contribution in [1.82, 2.24) is 10.6 Å². The molecule has 0 radical (unpaired) electrons. The Labute approximate surface area is 129 Å². The van der Waals surface area contributed by atoms with Gasteiger partial charge in [0.1, 0.15) is 0 Å². The lowest BCUT2D eigenvalue weighted by atomic mass is 9.96. The highest BCUT2D eigenvalue weighted by Crippen LogP contribution is 2.41. The Balaban J connectivity index is 1.29. The quantitative estimate of drug-likeness (QED) is 0.902. The summed E-state index contributed by atoms with van der Waals surface area (Å²) in [5.41, 5.74) is 1.20. The molecule has 112 valence electrons. The van der Waals surface area contributed by atoms with Crippen LogP contribution in [0, 0.1) is 0 Å². The highest BCUT2D eigenvalue weighted by molar-refractivity contribution is 6.30. The third kappa shape index (κ3) is 2.74. The molecule has 1 saturated carbocycles. The second kappa shape index (κ2) is 5.18. The van der Waals surface area contributed by atoms with Gasteiger partial charge in [0.25, 0.3) is 0 Å². The molecule has 0 spiro atoms. The molecule has 4 rings (SSSR count). The highest BCUT2D eigenvalue weighted by atomic mass is 35.5. The van der Waals surface area contributed by atoms with Gasteiger partial charge in [0, 0.05) is 17.0 Å². The van der Waals surface area contributed by atoms with Crippen LogP contribution in [0.4, 0.5) is 4.79 Å². The lowest BCUT2D eigenvalue weighted by Gasteiger charge is -2.20. The van der Waals surface area contributed by atoms with Gasteiger partial charge in [-0.05, 0) is 43.4 Å². The maximum absolute atomic E-state index is 12.1. The van der Waals surface area contributed by atoms with Crippen molar-refractivity contribution in [3.05, 3.63) is 34.9 Å². The van der Waals surface area contributed by atoms with Crippen molar-refractivity contribution < 1.29 is 9.53 Å². The number of carbonyl (C=O) groups excluding carboxylic acids is 1. The Morgan fingerprint density at radius 1 is 1.19 bits per heavy atom. The van der Waals surface area contributed by atoms with Gasteiger partial charge in [0.05, 0.1) is 18.2 Å².